The predicted octanol–water partition coefficient (Wildman–Crippen LogP) is 4.96. The Morgan fingerprint density at radius 3 is 2.56 bits per heavy atom. The fraction of sp³-hybridized carbons (Fsp3) is 0.154. The van der Waals surface area contributed by atoms with Crippen LogP contribution in [0.1, 0.15) is 11.1 Å². The maximum atomic E-state index is 6.04. The van der Waals surface area contributed by atoms with E-state index in [2.05, 4.69) is 23.3 Å². The largest absolute Gasteiger partial charge is 0.365 e. The normalized spacial score (nSPS) is 10.4. The van der Waals surface area contributed by atoms with Crippen LogP contribution in [0.2, 0.25) is 15.2 Å². The van der Waals surface area contributed by atoms with Gasteiger partial charge >= 0.3 is 0 Å². The van der Waals surface area contributed by atoms with Crippen LogP contribution in [0.3, 0.4) is 0 Å². The third-order valence-electron chi connectivity index (χ3n) is 2.59. The van der Waals surface area contributed by atoms with Gasteiger partial charge in [0.2, 0.25) is 0 Å². The summed E-state index contributed by atoms with van der Waals surface area (Å²) in [7, 11) is 0. The SMILES string of the molecule is Cc1ccccc1CNc1nc(Cl)c(Cl)cc1Cl. The first-order valence-corrected chi connectivity index (χ1v) is 6.51. The fourth-order valence-corrected chi connectivity index (χ4v) is 2.12. The first-order valence-electron chi connectivity index (χ1n) is 5.38. The second kappa shape index (κ2) is 5.79. The number of anilines is 1. The Kier molecular flexibility index (Phi) is 4.33. The van der Waals surface area contributed by atoms with E-state index >= 15 is 0 Å². The number of aryl methyl sites for hydroxylation is 1. The van der Waals surface area contributed by atoms with E-state index in [9.17, 15) is 0 Å². The molecule has 1 heterocycles. The van der Waals surface area contributed by atoms with E-state index in [1.807, 2.05) is 18.2 Å². The van der Waals surface area contributed by atoms with Crippen molar-refractivity contribution in [2.45, 2.75) is 13.5 Å². The molecule has 0 amide bonds. The zero-order valence-corrected chi connectivity index (χ0v) is 11.9. The van der Waals surface area contributed by atoms with Gasteiger partial charge in [0.15, 0.2) is 0 Å². The van der Waals surface area contributed by atoms with E-state index in [-0.39, 0.29) is 5.15 Å². The van der Waals surface area contributed by atoms with Gasteiger partial charge in [-0.05, 0) is 24.1 Å². The molecule has 0 spiro atoms. The molecule has 5 heteroatoms. The molecule has 2 nitrogen and oxygen atoms in total. The molecule has 0 radical (unpaired) electrons. The van der Waals surface area contributed by atoms with Crippen molar-refractivity contribution < 1.29 is 0 Å². The minimum absolute atomic E-state index is 0.244. The summed E-state index contributed by atoms with van der Waals surface area (Å²) in [5.41, 5.74) is 2.39. The number of benzene rings is 1. The molecule has 2 rings (SSSR count). The number of aromatic nitrogens is 1. The van der Waals surface area contributed by atoms with Crippen molar-refractivity contribution in [2.24, 2.45) is 0 Å². The van der Waals surface area contributed by atoms with Crippen LogP contribution in [-0.2, 0) is 6.54 Å². The van der Waals surface area contributed by atoms with Gasteiger partial charge in [0.1, 0.15) is 11.0 Å². The second-order valence-corrected chi connectivity index (χ2v) is 5.04. The highest BCUT2D eigenvalue weighted by atomic mass is 35.5. The van der Waals surface area contributed by atoms with Crippen molar-refractivity contribution in [1.29, 1.82) is 0 Å². The van der Waals surface area contributed by atoms with Crippen molar-refractivity contribution >= 4 is 40.6 Å². The lowest BCUT2D eigenvalue weighted by Gasteiger charge is -2.10. The van der Waals surface area contributed by atoms with Gasteiger partial charge in [0.05, 0.1) is 10.0 Å². The third kappa shape index (κ3) is 3.08. The minimum Gasteiger partial charge on any atom is -0.365 e. The number of nitrogens with zero attached hydrogens (tertiary/aromatic N) is 1. The van der Waals surface area contributed by atoms with Gasteiger partial charge in [-0.2, -0.15) is 0 Å². The number of halogens is 3. The molecule has 18 heavy (non-hydrogen) atoms. The fourth-order valence-electron chi connectivity index (χ4n) is 1.56. The summed E-state index contributed by atoms with van der Waals surface area (Å²) in [6.45, 7) is 2.69. The molecule has 94 valence electrons. The molecule has 1 aromatic carbocycles. The highest BCUT2D eigenvalue weighted by Crippen LogP contribution is 2.29. The van der Waals surface area contributed by atoms with Gasteiger partial charge in [-0.3, -0.25) is 0 Å². The Labute approximate surface area is 121 Å². The monoisotopic (exact) mass is 300 g/mol. The number of hydrogen-bond donors (Lipinski definition) is 1. The van der Waals surface area contributed by atoms with Crippen LogP contribution in [0, 0.1) is 6.92 Å². The van der Waals surface area contributed by atoms with Crippen LogP contribution >= 0.6 is 34.8 Å². The summed E-state index contributed by atoms with van der Waals surface area (Å²) in [4.78, 5) is 4.11. The average molecular weight is 302 g/mol. The molecule has 1 N–H and O–H groups in total. The molecule has 0 unspecified atom stereocenters. The Hall–Kier alpha value is -0.960. The number of pyridine rings is 1. The van der Waals surface area contributed by atoms with Gasteiger partial charge in [-0.1, -0.05) is 59.1 Å². The highest BCUT2D eigenvalue weighted by molar-refractivity contribution is 6.42. The number of rotatable bonds is 3. The summed E-state index contributed by atoms with van der Waals surface area (Å²) >= 11 is 17.7. The molecule has 0 aliphatic heterocycles. The highest BCUT2D eigenvalue weighted by Gasteiger charge is 2.07. The smallest absolute Gasteiger partial charge is 0.150 e. The van der Waals surface area contributed by atoms with Gasteiger partial charge in [0.25, 0.3) is 0 Å². The first-order chi connectivity index (χ1) is 8.58. The second-order valence-electron chi connectivity index (χ2n) is 3.87. The Bertz CT molecular complexity index is 570. The van der Waals surface area contributed by atoms with Crippen LogP contribution in [0.25, 0.3) is 0 Å². The van der Waals surface area contributed by atoms with Crippen molar-refractivity contribution in [3.63, 3.8) is 0 Å². The molecule has 0 aliphatic carbocycles. The maximum Gasteiger partial charge on any atom is 0.150 e. The van der Waals surface area contributed by atoms with E-state index < -0.39 is 0 Å². The van der Waals surface area contributed by atoms with Gasteiger partial charge in [0, 0.05) is 6.54 Å². The molecule has 0 aliphatic rings. The summed E-state index contributed by atoms with van der Waals surface area (Å²) in [6, 6.07) is 9.68. The molecule has 0 bridgehead atoms. The third-order valence-corrected chi connectivity index (χ3v) is 3.56. The summed E-state index contributed by atoms with van der Waals surface area (Å²) in [5.74, 6) is 0.536. The topological polar surface area (TPSA) is 24.9 Å². The van der Waals surface area contributed by atoms with Crippen LogP contribution in [-0.4, -0.2) is 4.98 Å². The van der Waals surface area contributed by atoms with Crippen molar-refractivity contribution in [3.05, 3.63) is 56.7 Å². The molecule has 0 saturated carbocycles. The van der Waals surface area contributed by atoms with Crippen molar-refractivity contribution in [2.75, 3.05) is 5.32 Å². The van der Waals surface area contributed by atoms with E-state index in [0.717, 1.165) is 0 Å². The average Bonchev–Trinajstić information content (AvgIpc) is 2.34. The summed E-state index contributed by atoms with van der Waals surface area (Å²) in [5, 5.41) is 4.20. The van der Waals surface area contributed by atoms with Crippen LogP contribution in [0.15, 0.2) is 30.3 Å². The van der Waals surface area contributed by atoms with E-state index in [0.29, 0.717) is 22.4 Å². The van der Waals surface area contributed by atoms with Crippen LogP contribution in [0.4, 0.5) is 5.82 Å². The van der Waals surface area contributed by atoms with E-state index in [1.165, 1.54) is 11.1 Å². The molecule has 0 fully saturated rings. The minimum atomic E-state index is 0.244. The lowest BCUT2D eigenvalue weighted by molar-refractivity contribution is 1.09. The molecular weight excluding hydrogens is 291 g/mol. The van der Waals surface area contributed by atoms with Crippen LogP contribution in [0.5, 0.6) is 0 Å². The van der Waals surface area contributed by atoms with Crippen LogP contribution < -0.4 is 5.32 Å². The molecule has 1 aromatic heterocycles. The lowest BCUT2D eigenvalue weighted by atomic mass is 10.1. The van der Waals surface area contributed by atoms with Gasteiger partial charge < -0.3 is 5.32 Å². The first kappa shape index (κ1) is 13.5. The quantitative estimate of drug-likeness (QED) is 0.810. The number of hydrogen-bond acceptors (Lipinski definition) is 2. The van der Waals surface area contributed by atoms with E-state index in [1.54, 1.807) is 6.07 Å². The number of nitrogens with one attached hydrogen (secondary N) is 1. The van der Waals surface area contributed by atoms with Crippen molar-refractivity contribution in [1.82, 2.24) is 4.98 Å². The lowest BCUT2D eigenvalue weighted by Crippen LogP contribution is -2.03. The summed E-state index contributed by atoms with van der Waals surface area (Å²) in [6.07, 6.45) is 0. The Morgan fingerprint density at radius 1 is 1.11 bits per heavy atom. The predicted molar refractivity (Wildman–Crippen MR) is 77.8 cm³/mol. The zero-order valence-electron chi connectivity index (χ0n) is 9.67. The maximum absolute atomic E-state index is 6.04. The molecule has 2 aromatic rings. The Morgan fingerprint density at radius 2 is 1.83 bits per heavy atom. The Balaban J connectivity index is 2.16. The molecule has 0 atom stereocenters. The summed E-state index contributed by atoms with van der Waals surface area (Å²) < 4.78 is 0. The van der Waals surface area contributed by atoms with E-state index in [4.69, 9.17) is 34.8 Å². The van der Waals surface area contributed by atoms with Crippen molar-refractivity contribution in [3.8, 4) is 0 Å². The van der Waals surface area contributed by atoms with Gasteiger partial charge in [-0.15, -0.1) is 0 Å². The zero-order chi connectivity index (χ0) is 13.1. The standard InChI is InChI=1S/C13H11Cl3N2/c1-8-4-2-3-5-9(8)7-17-13-11(15)6-10(14)12(16)18-13/h2-6H,7H2,1H3,(H,17,18). The van der Waals surface area contributed by atoms with Gasteiger partial charge in [-0.25, -0.2) is 4.98 Å². The molecule has 0 saturated heterocycles. The molecular formula is C13H11Cl3N2.